The molecule has 6 nitrogen and oxygen atoms in total. The molecule has 2 heterocycles. The molecule has 0 saturated heterocycles. The molecule has 0 unspecified atom stereocenters. The van der Waals surface area contributed by atoms with E-state index in [9.17, 15) is 9.59 Å². The summed E-state index contributed by atoms with van der Waals surface area (Å²) in [6.07, 6.45) is 0. The number of nitrogen functional groups attached to an aromatic ring is 1. The molecule has 0 bridgehead atoms. The molecule has 0 atom stereocenters. The van der Waals surface area contributed by atoms with Gasteiger partial charge in [0.1, 0.15) is 4.70 Å². The van der Waals surface area contributed by atoms with Crippen LogP contribution in [-0.2, 0) is 7.05 Å². The molecule has 0 spiro atoms. The van der Waals surface area contributed by atoms with E-state index >= 15 is 0 Å². The second-order valence-electron chi connectivity index (χ2n) is 2.52. The van der Waals surface area contributed by atoms with E-state index in [2.05, 4.69) is 9.97 Å². The van der Waals surface area contributed by atoms with E-state index in [-0.39, 0.29) is 34.7 Å². The molecular weight excluding hydrogens is 215 g/mol. The van der Waals surface area contributed by atoms with E-state index in [4.69, 9.17) is 5.73 Å². The molecule has 2 aromatic heterocycles. The molecule has 0 aliphatic carbocycles. The van der Waals surface area contributed by atoms with Gasteiger partial charge < -0.3 is 5.73 Å². The first-order chi connectivity index (χ1) is 6.09. The average Bonchev–Trinajstić information content (AvgIpc) is 2.44. The third-order valence-corrected chi connectivity index (χ3v) is 2.55. The maximum atomic E-state index is 11.2. The summed E-state index contributed by atoms with van der Waals surface area (Å²) in [5, 5.41) is 0.279. The summed E-state index contributed by atoms with van der Waals surface area (Å²) in [7, 11) is 1.53. The molecule has 0 radical (unpaired) electrons. The van der Waals surface area contributed by atoms with Gasteiger partial charge in [-0.2, -0.15) is 0 Å². The third kappa shape index (κ3) is 1.63. The van der Waals surface area contributed by atoms with Gasteiger partial charge in [-0.15, -0.1) is 0 Å². The topological polar surface area (TPSA) is 93.8 Å². The van der Waals surface area contributed by atoms with Gasteiger partial charge >= 0.3 is 35.2 Å². The number of aromatic amines is 1. The Bertz CT molecular complexity index is 584. The number of hydrogen-bond donors (Lipinski definition) is 2. The summed E-state index contributed by atoms with van der Waals surface area (Å²) in [5.41, 5.74) is 4.83. The fourth-order valence-electron chi connectivity index (χ4n) is 1.04. The van der Waals surface area contributed by atoms with E-state index in [1.165, 1.54) is 11.6 Å². The summed E-state index contributed by atoms with van der Waals surface area (Å²) in [6, 6.07) is 0. The van der Waals surface area contributed by atoms with Gasteiger partial charge in [0.05, 0.1) is 0 Å². The van der Waals surface area contributed by atoms with Gasteiger partial charge in [0.2, 0.25) is 0 Å². The van der Waals surface area contributed by atoms with Gasteiger partial charge in [-0.1, -0.05) is 11.3 Å². The predicted molar refractivity (Wildman–Crippen MR) is 57.0 cm³/mol. The molecule has 2 rings (SSSR count). The Hall–Kier alpha value is -0.630. The molecule has 2 aromatic rings. The van der Waals surface area contributed by atoms with Crippen LogP contribution < -0.4 is 17.0 Å². The van der Waals surface area contributed by atoms with Crippen LogP contribution in [0.5, 0.6) is 0 Å². The van der Waals surface area contributed by atoms with Crippen LogP contribution in [0.25, 0.3) is 10.3 Å². The van der Waals surface area contributed by atoms with E-state index in [1.807, 2.05) is 0 Å². The predicted octanol–water partition coefficient (Wildman–Crippen LogP) is -1.38. The molecule has 8 heteroatoms. The van der Waals surface area contributed by atoms with Crippen LogP contribution in [0.2, 0.25) is 0 Å². The first-order valence-corrected chi connectivity index (χ1v) is 4.26. The summed E-state index contributed by atoms with van der Waals surface area (Å²) in [4.78, 5) is 28.3. The van der Waals surface area contributed by atoms with Crippen molar-refractivity contribution in [1.82, 2.24) is 14.5 Å². The van der Waals surface area contributed by atoms with Crippen LogP contribution >= 0.6 is 11.3 Å². The molecule has 70 valence electrons. The first kappa shape index (κ1) is 11.4. The van der Waals surface area contributed by atoms with Gasteiger partial charge in [0.25, 0.3) is 5.56 Å². The van der Waals surface area contributed by atoms with Crippen LogP contribution in [0.4, 0.5) is 5.13 Å². The number of nitrogens with two attached hydrogens (primary N) is 1. The van der Waals surface area contributed by atoms with Crippen molar-refractivity contribution in [1.29, 1.82) is 0 Å². The van der Waals surface area contributed by atoms with Gasteiger partial charge in [0, 0.05) is 7.05 Å². The number of fused-ring (bicyclic) bond motifs is 1. The number of hydrogen-bond acceptors (Lipinski definition) is 5. The van der Waals surface area contributed by atoms with E-state index in [0.29, 0.717) is 10.3 Å². The molecule has 0 fully saturated rings. The van der Waals surface area contributed by atoms with Crippen molar-refractivity contribution in [2.75, 3.05) is 5.73 Å². The zero-order valence-electron chi connectivity index (χ0n) is 6.70. The van der Waals surface area contributed by atoms with Crippen LogP contribution in [0.3, 0.4) is 0 Å². The zero-order chi connectivity index (χ0) is 9.59. The molecule has 0 aromatic carbocycles. The Morgan fingerprint density at radius 2 is 2.14 bits per heavy atom. The van der Waals surface area contributed by atoms with Gasteiger partial charge in [-0.3, -0.25) is 14.3 Å². The van der Waals surface area contributed by atoms with E-state index < -0.39 is 11.2 Å². The standard InChI is InChI=1S/C6H6N4O2S.Na.H/c1-10-3-2(13-5(7)8-3)4(11)9-6(10)12;;/h1H3,(H2,7,8)(H,9,11,12);;. The zero-order valence-corrected chi connectivity index (χ0v) is 7.51. The first-order valence-electron chi connectivity index (χ1n) is 3.45. The maximum absolute atomic E-state index is 11.2. The fourth-order valence-corrected chi connectivity index (χ4v) is 1.80. The Kier molecular flexibility index (Phi) is 3.15. The number of thiazole rings is 1. The summed E-state index contributed by atoms with van der Waals surface area (Å²) < 4.78 is 1.63. The molecule has 0 saturated carbocycles. The van der Waals surface area contributed by atoms with E-state index in [1.54, 1.807) is 0 Å². The minimum absolute atomic E-state index is 0. The van der Waals surface area contributed by atoms with Gasteiger partial charge in [-0.05, 0) is 0 Å². The van der Waals surface area contributed by atoms with Crippen molar-refractivity contribution in [2.24, 2.45) is 7.05 Å². The minimum atomic E-state index is -0.484. The van der Waals surface area contributed by atoms with Crippen LogP contribution in [0, 0.1) is 0 Å². The SMILES string of the molecule is Cn1c(=O)[nH]c(=O)c2sc(N)nc21.[NaH]. The number of nitrogens with zero attached hydrogens (tertiary/aromatic N) is 2. The second kappa shape index (κ2) is 3.85. The molecular formula is C6H7N4NaO2S. The van der Waals surface area contributed by atoms with Crippen molar-refractivity contribution in [3.8, 4) is 0 Å². The Morgan fingerprint density at radius 1 is 1.50 bits per heavy atom. The van der Waals surface area contributed by atoms with Crippen molar-refractivity contribution in [3.63, 3.8) is 0 Å². The summed E-state index contributed by atoms with van der Waals surface area (Å²) in [5.74, 6) is 0. The summed E-state index contributed by atoms with van der Waals surface area (Å²) >= 11 is 1.06. The molecule has 0 aliphatic rings. The van der Waals surface area contributed by atoms with Crippen LogP contribution in [-0.4, -0.2) is 44.1 Å². The fraction of sp³-hybridized carbons (Fsp3) is 0.167. The normalized spacial score (nSPS) is 10.1. The summed E-state index contributed by atoms with van der Waals surface area (Å²) in [6.45, 7) is 0. The van der Waals surface area contributed by atoms with Crippen molar-refractivity contribution >= 4 is 56.4 Å². The van der Waals surface area contributed by atoms with Gasteiger partial charge in [0.15, 0.2) is 10.8 Å². The molecule has 14 heavy (non-hydrogen) atoms. The monoisotopic (exact) mass is 222 g/mol. The second-order valence-corrected chi connectivity index (χ2v) is 3.55. The van der Waals surface area contributed by atoms with Crippen molar-refractivity contribution in [3.05, 3.63) is 20.8 Å². The molecule has 3 N–H and O–H groups in total. The average molecular weight is 222 g/mol. The van der Waals surface area contributed by atoms with Crippen molar-refractivity contribution in [2.45, 2.75) is 0 Å². The number of aryl methyl sites for hydroxylation is 1. The number of aromatic nitrogens is 3. The van der Waals surface area contributed by atoms with E-state index in [0.717, 1.165) is 11.3 Å². The molecule has 0 aliphatic heterocycles. The Labute approximate surface area is 104 Å². The number of nitrogens with one attached hydrogen (secondary N) is 1. The Balaban J connectivity index is 0.000000980. The number of anilines is 1. The number of H-pyrrole nitrogens is 1. The quantitative estimate of drug-likeness (QED) is 0.537. The molecule has 0 amide bonds. The Morgan fingerprint density at radius 3 is 2.79 bits per heavy atom. The van der Waals surface area contributed by atoms with Crippen LogP contribution in [0.1, 0.15) is 0 Å². The number of rotatable bonds is 0. The van der Waals surface area contributed by atoms with Crippen LogP contribution in [0.15, 0.2) is 9.59 Å². The van der Waals surface area contributed by atoms with Gasteiger partial charge in [-0.25, -0.2) is 9.78 Å². The van der Waals surface area contributed by atoms with Crippen molar-refractivity contribution < 1.29 is 0 Å². The third-order valence-electron chi connectivity index (χ3n) is 1.67.